The zero-order valence-electron chi connectivity index (χ0n) is 11.3. The zero-order chi connectivity index (χ0) is 13.4. The van der Waals surface area contributed by atoms with Crippen LogP contribution in [0.2, 0.25) is 0 Å². The molecule has 0 atom stereocenters. The van der Waals surface area contributed by atoms with Gasteiger partial charge in [0.05, 0.1) is 11.9 Å². The molecule has 0 amide bonds. The van der Waals surface area contributed by atoms with E-state index in [1.807, 2.05) is 44.1 Å². The Hall–Kier alpha value is -2.23. The van der Waals surface area contributed by atoms with Gasteiger partial charge in [-0.25, -0.2) is 0 Å². The topological polar surface area (TPSA) is 43.6 Å². The van der Waals surface area contributed by atoms with E-state index in [2.05, 4.69) is 28.9 Å². The molecule has 0 radical (unpaired) electrons. The first kappa shape index (κ1) is 11.8. The van der Waals surface area contributed by atoms with Gasteiger partial charge in [0.1, 0.15) is 0 Å². The normalized spacial score (nSPS) is 11.4. The van der Waals surface area contributed by atoms with Crippen LogP contribution in [0.5, 0.6) is 0 Å². The number of rotatable bonds is 2. The molecule has 0 aromatic carbocycles. The number of aryl methyl sites for hydroxylation is 1. The average molecular weight is 252 g/mol. The molecule has 0 aliphatic carbocycles. The molecule has 3 rings (SSSR count). The monoisotopic (exact) mass is 252 g/mol. The lowest BCUT2D eigenvalue weighted by Crippen LogP contribution is -1.96. The van der Waals surface area contributed by atoms with Crippen LogP contribution >= 0.6 is 0 Å². The molecule has 3 aromatic heterocycles. The maximum Gasteiger partial charge on any atom is 0.0568 e. The smallest absolute Gasteiger partial charge is 0.0568 e. The van der Waals surface area contributed by atoms with E-state index >= 15 is 0 Å². The fourth-order valence-corrected chi connectivity index (χ4v) is 2.36. The SMILES string of the molecule is CC(C)c1ncc(-c2cnn(C)c2)c2cnccc12. The third kappa shape index (κ3) is 1.99. The molecule has 0 unspecified atom stereocenters. The van der Waals surface area contributed by atoms with Gasteiger partial charge in [0.2, 0.25) is 0 Å². The van der Waals surface area contributed by atoms with E-state index in [0.29, 0.717) is 5.92 Å². The molecular weight excluding hydrogens is 236 g/mol. The van der Waals surface area contributed by atoms with Crippen molar-refractivity contribution in [3.05, 3.63) is 42.7 Å². The van der Waals surface area contributed by atoms with E-state index in [0.717, 1.165) is 22.2 Å². The summed E-state index contributed by atoms with van der Waals surface area (Å²) in [5.74, 6) is 0.396. The molecule has 0 N–H and O–H groups in total. The van der Waals surface area contributed by atoms with Gasteiger partial charge in [-0.2, -0.15) is 5.10 Å². The average Bonchev–Trinajstić information content (AvgIpc) is 2.83. The zero-order valence-corrected chi connectivity index (χ0v) is 11.3. The first-order chi connectivity index (χ1) is 9.16. The predicted octanol–water partition coefficient (Wildman–Crippen LogP) is 3.15. The minimum absolute atomic E-state index is 0.396. The summed E-state index contributed by atoms with van der Waals surface area (Å²) in [6.45, 7) is 4.32. The van der Waals surface area contributed by atoms with E-state index in [4.69, 9.17) is 0 Å². The summed E-state index contributed by atoms with van der Waals surface area (Å²) in [5.41, 5.74) is 3.27. The van der Waals surface area contributed by atoms with E-state index in [1.165, 1.54) is 5.39 Å². The minimum atomic E-state index is 0.396. The summed E-state index contributed by atoms with van der Waals surface area (Å²) in [4.78, 5) is 8.88. The van der Waals surface area contributed by atoms with Crippen LogP contribution in [0.1, 0.15) is 25.5 Å². The molecule has 0 saturated heterocycles. The maximum atomic E-state index is 4.63. The summed E-state index contributed by atoms with van der Waals surface area (Å²) < 4.78 is 1.80. The fourth-order valence-electron chi connectivity index (χ4n) is 2.36. The van der Waals surface area contributed by atoms with Crippen LogP contribution in [0.3, 0.4) is 0 Å². The number of nitrogens with zero attached hydrogens (tertiary/aromatic N) is 4. The summed E-state index contributed by atoms with van der Waals surface area (Å²) in [5, 5.41) is 6.53. The van der Waals surface area contributed by atoms with Crippen molar-refractivity contribution in [3.8, 4) is 11.1 Å². The molecule has 3 aromatic rings. The Labute approximate surface area is 112 Å². The highest BCUT2D eigenvalue weighted by molar-refractivity contribution is 5.96. The summed E-state index contributed by atoms with van der Waals surface area (Å²) in [6.07, 6.45) is 9.52. The molecular formula is C15H16N4. The summed E-state index contributed by atoms with van der Waals surface area (Å²) in [6, 6.07) is 2.04. The predicted molar refractivity (Wildman–Crippen MR) is 75.8 cm³/mol. The Bertz CT molecular complexity index is 728. The van der Waals surface area contributed by atoms with E-state index in [-0.39, 0.29) is 0 Å². The Balaban J connectivity index is 2.30. The second-order valence-corrected chi connectivity index (χ2v) is 5.04. The summed E-state index contributed by atoms with van der Waals surface area (Å²) >= 11 is 0. The molecule has 0 spiro atoms. The van der Waals surface area contributed by atoms with Crippen LogP contribution < -0.4 is 0 Å². The Morgan fingerprint density at radius 1 is 1.11 bits per heavy atom. The Morgan fingerprint density at radius 3 is 2.63 bits per heavy atom. The van der Waals surface area contributed by atoms with Gasteiger partial charge in [-0.1, -0.05) is 13.8 Å². The third-order valence-electron chi connectivity index (χ3n) is 3.28. The lowest BCUT2D eigenvalue weighted by atomic mass is 9.99. The van der Waals surface area contributed by atoms with E-state index < -0.39 is 0 Å². The maximum absolute atomic E-state index is 4.63. The lowest BCUT2D eigenvalue weighted by molar-refractivity contribution is 0.768. The van der Waals surface area contributed by atoms with Crippen molar-refractivity contribution in [2.45, 2.75) is 19.8 Å². The second kappa shape index (κ2) is 4.46. The molecule has 0 aliphatic heterocycles. The number of pyridine rings is 2. The molecule has 0 fully saturated rings. The molecule has 96 valence electrons. The van der Waals surface area contributed by atoms with Crippen LogP contribution in [0, 0.1) is 0 Å². The molecule has 0 saturated carbocycles. The van der Waals surface area contributed by atoms with Gasteiger partial charge in [0.15, 0.2) is 0 Å². The number of hydrogen-bond donors (Lipinski definition) is 0. The lowest BCUT2D eigenvalue weighted by Gasteiger charge is -2.11. The summed E-state index contributed by atoms with van der Waals surface area (Å²) in [7, 11) is 1.92. The number of hydrogen-bond acceptors (Lipinski definition) is 3. The van der Waals surface area contributed by atoms with E-state index in [1.54, 1.807) is 4.68 Å². The third-order valence-corrected chi connectivity index (χ3v) is 3.28. The van der Waals surface area contributed by atoms with Crippen LogP contribution in [-0.4, -0.2) is 19.7 Å². The van der Waals surface area contributed by atoms with Gasteiger partial charge in [0, 0.05) is 53.7 Å². The highest BCUT2D eigenvalue weighted by Gasteiger charge is 2.12. The van der Waals surface area contributed by atoms with Crippen molar-refractivity contribution >= 4 is 10.8 Å². The highest BCUT2D eigenvalue weighted by atomic mass is 15.2. The van der Waals surface area contributed by atoms with E-state index in [9.17, 15) is 0 Å². The minimum Gasteiger partial charge on any atom is -0.275 e. The van der Waals surface area contributed by atoms with Gasteiger partial charge in [-0.15, -0.1) is 0 Å². The van der Waals surface area contributed by atoms with Gasteiger partial charge in [-0.3, -0.25) is 14.6 Å². The fraction of sp³-hybridized carbons (Fsp3) is 0.267. The Morgan fingerprint density at radius 2 is 1.95 bits per heavy atom. The van der Waals surface area contributed by atoms with Crippen molar-refractivity contribution in [1.29, 1.82) is 0 Å². The number of aromatic nitrogens is 4. The van der Waals surface area contributed by atoms with Crippen LogP contribution in [-0.2, 0) is 7.05 Å². The molecule has 4 heteroatoms. The molecule has 3 heterocycles. The van der Waals surface area contributed by atoms with Crippen molar-refractivity contribution < 1.29 is 0 Å². The first-order valence-electron chi connectivity index (χ1n) is 6.38. The molecule has 19 heavy (non-hydrogen) atoms. The van der Waals surface area contributed by atoms with Crippen molar-refractivity contribution in [2.75, 3.05) is 0 Å². The quantitative estimate of drug-likeness (QED) is 0.703. The largest absolute Gasteiger partial charge is 0.275 e. The highest BCUT2D eigenvalue weighted by Crippen LogP contribution is 2.31. The van der Waals surface area contributed by atoms with Crippen molar-refractivity contribution in [1.82, 2.24) is 19.7 Å². The molecule has 4 nitrogen and oxygen atoms in total. The Kier molecular flexibility index (Phi) is 2.78. The number of fused-ring (bicyclic) bond motifs is 1. The standard InChI is InChI=1S/C15H16N4/c1-10(2)15-12-4-5-16-7-14(12)13(8-17-15)11-6-18-19(3)9-11/h4-10H,1-3H3. The van der Waals surface area contributed by atoms with Crippen LogP contribution in [0.25, 0.3) is 21.9 Å². The molecule has 0 bridgehead atoms. The van der Waals surface area contributed by atoms with Gasteiger partial charge < -0.3 is 0 Å². The van der Waals surface area contributed by atoms with Crippen molar-refractivity contribution in [2.24, 2.45) is 7.05 Å². The van der Waals surface area contributed by atoms with Gasteiger partial charge >= 0.3 is 0 Å². The van der Waals surface area contributed by atoms with Crippen LogP contribution in [0.15, 0.2) is 37.1 Å². The second-order valence-electron chi connectivity index (χ2n) is 5.04. The van der Waals surface area contributed by atoms with Gasteiger partial charge in [0.25, 0.3) is 0 Å². The molecule has 0 aliphatic rings. The van der Waals surface area contributed by atoms with Crippen LogP contribution in [0.4, 0.5) is 0 Å². The van der Waals surface area contributed by atoms with Crippen molar-refractivity contribution in [3.63, 3.8) is 0 Å². The first-order valence-corrected chi connectivity index (χ1v) is 6.38. The van der Waals surface area contributed by atoms with Gasteiger partial charge in [-0.05, 0) is 12.0 Å².